The summed E-state index contributed by atoms with van der Waals surface area (Å²) in [5.74, 6) is -0.150. The fraction of sp³-hybridized carbons (Fsp3) is 0.571. The van der Waals surface area contributed by atoms with Crippen LogP contribution in [0.4, 0.5) is 0 Å². The summed E-state index contributed by atoms with van der Waals surface area (Å²) in [6.07, 6.45) is 5.35. The number of carboxylic acids is 1. The van der Waals surface area contributed by atoms with Crippen molar-refractivity contribution in [3.63, 3.8) is 0 Å². The number of carbonyl (C=O) groups is 1. The van der Waals surface area contributed by atoms with Crippen LogP contribution < -0.4 is 0 Å². The van der Waals surface area contributed by atoms with Gasteiger partial charge >= 0.3 is 5.97 Å². The molecular formula is C14H20N2O2. The highest BCUT2D eigenvalue weighted by molar-refractivity contribution is 5.85. The molecule has 1 aromatic rings. The van der Waals surface area contributed by atoms with E-state index in [0.29, 0.717) is 0 Å². The lowest BCUT2D eigenvalue weighted by molar-refractivity contribution is 0.0690. The fourth-order valence-corrected chi connectivity index (χ4v) is 2.43. The molecule has 1 unspecified atom stereocenters. The Hall–Kier alpha value is -1.42. The molecule has 18 heavy (non-hydrogen) atoms. The molecule has 0 aliphatic carbocycles. The molecule has 0 radical (unpaired) electrons. The van der Waals surface area contributed by atoms with E-state index in [1.54, 1.807) is 12.3 Å². The number of rotatable bonds is 3. The van der Waals surface area contributed by atoms with Crippen molar-refractivity contribution in [3.05, 3.63) is 29.6 Å². The van der Waals surface area contributed by atoms with E-state index in [1.807, 2.05) is 6.07 Å². The quantitative estimate of drug-likeness (QED) is 0.892. The first-order valence-electron chi connectivity index (χ1n) is 6.55. The second-order valence-corrected chi connectivity index (χ2v) is 5.17. The molecule has 0 saturated carbocycles. The zero-order chi connectivity index (χ0) is 13.0. The van der Waals surface area contributed by atoms with Crippen LogP contribution in [0.2, 0.25) is 0 Å². The Bertz CT molecular complexity index is 420. The van der Waals surface area contributed by atoms with Crippen LogP contribution in [-0.2, 0) is 6.54 Å². The second-order valence-electron chi connectivity index (χ2n) is 5.17. The lowest BCUT2D eigenvalue weighted by Gasteiger charge is -2.19. The van der Waals surface area contributed by atoms with Gasteiger partial charge in [-0.15, -0.1) is 0 Å². The van der Waals surface area contributed by atoms with Crippen molar-refractivity contribution >= 4 is 5.97 Å². The van der Waals surface area contributed by atoms with Crippen LogP contribution in [0, 0.1) is 5.92 Å². The van der Waals surface area contributed by atoms with Gasteiger partial charge in [0, 0.05) is 12.7 Å². The molecular weight excluding hydrogens is 228 g/mol. The van der Waals surface area contributed by atoms with Crippen molar-refractivity contribution < 1.29 is 9.90 Å². The van der Waals surface area contributed by atoms with E-state index >= 15 is 0 Å². The number of hydrogen-bond donors (Lipinski definition) is 1. The van der Waals surface area contributed by atoms with E-state index < -0.39 is 5.97 Å². The van der Waals surface area contributed by atoms with Gasteiger partial charge < -0.3 is 5.11 Å². The summed E-state index contributed by atoms with van der Waals surface area (Å²) in [4.78, 5) is 17.1. The maximum absolute atomic E-state index is 10.9. The monoisotopic (exact) mass is 248 g/mol. The first kappa shape index (κ1) is 13.0. The molecule has 1 fully saturated rings. The minimum Gasteiger partial charge on any atom is -0.477 e. The van der Waals surface area contributed by atoms with E-state index in [4.69, 9.17) is 5.11 Å². The molecule has 0 spiro atoms. The standard InChI is InChI=1S/C14H20N2O2/c1-11-3-2-7-16(8-5-11)10-12-4-6-15-13(9-12)14(17)18/h4,6,9,11H,2-3,5,7-8,10H2,1H3,(H,17,18). The Balaban J connectivity index is 2.00. The highest BCUT2D eigenvalue weighted by atomic mass is 16.4. The first-order valence-corrected chi connectivity index (χ1v) is 6.55. The summed E-state index contributed by atoms with van der Waals surface area (Å²) in [5, 5.41) is 8.92. The molecule has 2 heterocycles. The maximum atomic E-state index is 10.9. The molecule has 4 heteroatoms. The lowest BCUT2D eigenvalue weighted by atomic mass is 10.0. The largest absolute Gasteiger partial charge is 0.477 e. The predicted octanol–water partition coefficient (Wildman–Crippen LogP) is 2.40. The van der Waals surface area contributed by atoms with Crippen molar-refractivity contribution in [3.8, 4) is 0 Å². The van der Waals surface area contributed by atoms with Crippen LogP contribution in [0.5, 0.6) is 0 Å². The van der Waals surface area contributed by atoms with Crippen molar-refractivity contribution in [1.82, 2.24) is 9.88 Å². The zero-order valence-corrected chi connectivity index (χ0v) is 10.8. The maximum Gasteiger partial charge on any atom is 0.354 e. The molecule has 1 aliphatic rings. The fourth-order valence-electron chi connectivity index (χ4n) is 2.43. The Morgan fingerprint density at radius 3 is 3.11 bits per heavy atom. The van der Waals surface area contributed by atoms with Gasteiger partial charge in [0.15, 0.2) is 0 Å². The first-order chi connectivity index (χ1) is 8.65. The minimum atomic E-state index is -0.957. The molecule has 1 N–H and O–H groups in total. The molecule has 4 nitrogen and oxygen atoms in total. The number of aromatic carboxylic acids is 1. The van der Waals surface area contributed by atoms with Crippen LogP contribution in [0.1, 0.15) is 42.2 Å². The number of aromatic nitrogens is 1. The van der Waals surface area contributed by atoms with Crippen molar-refractivity contribution in [1.29, 1.82) is 0 Å². The van der Waals surface area contributed by atoms with Crippen LogP contribution >= 0.6 is 0 Å². The van der Waals surface area contributed by atoms with Crippen molar-refractivity contribution in [2.24, 2.45) is 5.92 Å². The third kappa shape index (κ3) is 3.53. The van der Waals surface area contributed by atoms with E-state index in [0.717, 1.165) is 31.1 Å². The summed E-state index contributed by atoms with van der Waals surface area (Å²) in [5.41, 5.74) is 1.17. The average molecular weight is 248 g/mol. The van der Waals surface area contributed by atoms with E-state index in [9.17, 15) is 4.79 Å². The molecule has 1 aliphatic heterocycles. The van der Waals surface area contributed by atoms with Crippen LogP contribution in [0.15, 0.2) is 18.3 Å². The summed E-state index contributed by atoms with van der Waals surface area (Å²) in [7, 11) is 0. The van der Waals surface area contributed by atoms with Gasteiger partial charge in [-0.3, -0.25) is 4.90 Å². The molecule has 1 aromatic heterocycles. The molecule has 98 valence electrons. The van der Waals surface area contributed by atoms with Gasteiger partial charge in [-0.25, -0.2) is 9.78 Å². The Morgan fingerprint density at radius 2 is 2.33 bits per heavy atom. The highest BCUT2D eigenvalue weighted by Gasteiger charge is 2.14. The Morgan fingerprint density at radius 1 is 1.50 bits per heavy atom. The van der Waals surface area contributed by atoms with Crippen LogP contribution in [-0.4, -0.2) is 34.0 Å². The van der Waals surface area contributed by atoms with Crippen LogP contribution in [0.3, 0.4) is 0 Å². The SMILES string of the molecule is CC1CCCN(Cc2ccnc(C(=O)O)c2)CC1. The van der Waals surface area contributed by atoms with Gasteiger partial charge in [-0.05, 0) is 56.0 Å². The predicted molar refractivity (Wildman–Crippen MR) is 69.5 cm³/mol. The Kier molecular flexibility index (Phi) is 4.31. The summed E-state index contributed by atoms with van der Waals surface area (Å²) >= 11 is 0. The third-order valence-electron chi connectivity index (χ3n) is 3.56. The number of likely N-dealkylation sites (tertiary alicyclic amines) is 1. The van der Waals surface area contributed by atoms with Gasteiger partial charge in [-0.1, -0.05) is 6.92 Å². The smallest absolute Gasteiger partial charge is 0.354 e. The summed E-state index contributed by atoms with van der Waals surface area (Å²) in [6, 6.07) is 3.58. The molecule has 1 atom stereocenters. The number of nitrogens with zero attached hydrogens (tertiary/aromatic N) is 2. The zero-order valence-electron chi connectivity index (χ0n) is 10.8. The molecule has 0 amide bonds. The van der Waals surface area contributed by atoms with Crippen molar-refractivity contribution in [2.45, 2.75) is 32.7 Å². The molecule has 0 bridgehead atoms. The van der Waals surface area contributed by atoms with E-state index in [2.05, 4.69) is 16.8 Å². The van der Waals surface area contributed by atoms with Crippen LogP contribution in [0.25, 0.3) is 0 Å². The van der Waals surface area contributed by atoms with Gasteiger partial charge in [0.05, 0.1) is 0 Å². The topological polar surface area (TPSA) is 53.4 Å². The van der Waals surface area contributed by atoms with Gasteiger partial charge in [0.25, 0.3) is 0 Å². The van der Waals surface area contributed by atoms with Gasteiger partial charge in [0.2, 0.25) is 0 Å². The third-order valence-corrected chi connectivity index (χ3v) is 3.56. The molecule has 2 rings (SSSR count). The summed E-state index contributed by atoms with van der Waals surface area (Å²) in [6.45, 7) is 5.34. The molecule has 1 saturated heterocycles. The van der Waals surface area contributed by atoms with E-state index in [1.165, 1.54) is 19.3 Å². The van der Waals surface area contributed by atoms with Gasteiger partial charge in [-0.2, -0.15) is 0 Å². The van der Waals surface area contributed by atoms with E-state index in [-0.39, 0.29) is 5.69 Å². The second kappa shape index (κ2) is 5.96. The number of pyridine rings is 1. The van der Waals surface area contributed by atoms with Gasteiger partial charge in [0.1, 0.15) is 5.69 Å². The number of hydrogen-bond acceptors (Lipinski definition) is 3. The normalized spacial score (nSPS) is 21.5. The van der Waals surface area contributed by atoms with Crippen molar-refractivity contribution in [2.75, 3.05) is 13.1 Å². The minimum absolute atomic E-state index is 0.135. The highest BCUT2D eigenvalue weighted by Crippen LogP contribution is 2.18. The summed E-state index contributed by atoms with van der Waals surface area (Å²) < 4.78 is 0. The Labute approximate surface area is 108 Å². The molecule has 0 aromatic carbocycles. The lowest BCUT2D eigenvalue weighted by Crippen LogP contribution is -2.24. The number of carboxylic acid groups (broad SMARTS) is 1. The average Bonchev–Trinajstić information content (AvgIpc) is 2.55.